The summed E-state index contributed by atoms with van der Waals surface area (Å²) in [6, 6.07) is 4.24. The molecule has 0 atom stereocenters. The van der Waals surface area contributed by atoms with Crippen molar-refractivity contribution >= 4 is 39.6 Å². The number of nitrogens with one attached hydrogen (secondary N) is 1. The van der Waals surface area contributed by atoms with Crippen molar-refractivity contribution in [3.8, 4) is 0 Å². The standard InChI is InChI=1S/C21H22N6S.C3H8.C3H6.CH4.H2/c1-4-15-13(3)19-17(27-10-12(2)11-27)8-18(26-21(19)25-15)28-14-7-16-20(24-9-14)23-6-5-22-16;2*1-3-2;;/h5-9,12H,4,10-11H2,1-3H3,(H,25,26);3H2,1-2H3;3H,1H2,2H3;1H4;1H. The van der Waals surface area contributed by atoms with Crippen molar-refractivity contribution in [3.05, 3.63) is 54.6 Å². The van der Waals surface area contributed by atoms with Gasteiger partial charge in [-0.15, -0.1) is 6.58 Å². The Bertz CT molecular complexity index is 1250. The first-order chi connectivity index (χ1) is 16.4. The summed E-state index contributed by atoms with van der Waals surface area (Å²) >= 11 is 1.62. The van der Waals surface area contributed by atoms with Gasteiger partial charge in [-0.05, 0) is 43.9 Å². The van der Waals surface area contributed by atoms with Crippen LogP contribution in [0.4, 0.5) is 5.69 Å². The predicted molar refractivity (Wildman–Crippen MR) is 154 cm³/mol. The fraction of sp³-hybridized carbons (Fsp3) is 0.429. The lowest BCUT2D eigenvalue weighted by molar-refractivity contribution is 0.448. The Hall–Kier alpha value is -2.93. The molecule has 6 nitrogen and oxygen atoms in total. The van der Waals surface area contributed by atoms with Gasteiger partial charge in [0.25, 0.3) is 0 Å². The third kappa shape index (κ3) is 6.60. The molecular weight excluding hydrogens is 452 g/mol. The first-order valence-corrected chi connectivity index (χ1v) is 12.9. The molecule has 190 valence electrons. The van der Waals surface area contributed by atoms with E-state index in [2.05, 4.69) is 72.1 Å². The summed E-state index contributed by atoms with van der Waals surface area (Å²) < 4.78 is 0. The van der Waals surface area contributed by atoms with Crippen LogP contribution in [0.15, 0.2) is 53.3 Å². The quantitative estimate of drug-likeness (QED) is 0.291. The maximum absolute atomic E-state index is 4.92. The van der Waals surface area contributed by atoms with Crippen molar-refractivity contribution in [1.29, 1.82) is 0 Å². The Balaban J connectivity index is 0.000000742. The topological polar surface area (TPSA) is 70.6 Å². The lowest BCUT2D eigenvalue weighted by atomic mass is 10.0. The van der Waals surface area contributed by atoms with Crippen molar-refractivity contribution in [2.24, 2.45) is 5.92 Å². The first-order valence-electron chi connectivity index (χ1n) is 12.0. The molecule has 35 heavy (non-hydrogen) atoms. The van der Waals surface area contributed by atoms with Crippen molar-refractivity contribution in [1.82, 2.24) is 24.9 Å². The van der Waals surface area contributed by atoms with Gasteiger partial charge < -0.3 is 9.88 Å². The number of rotatable bonds is 4. The average molecular weight is 495 g/mol. The number of allylic oxidation sites excluding steroid dienone is 1. The third-order valence-electron chi connectivity index (χ3n) is 5.35. The molecule has 5 rings (SSSR count). The molecule has 1 aliphatic heterocycles. The minimum Gasteiger partial charge on any atom is -0.370 e. The van der Waals surface area contributed by atoms with Gasteiger partial charge in [0.15, 0.2) is 5.65 Å². The molecular formula is C28H42N6S. The van der Waals surface area contributed by atoms with Crippen LogP contribution >= 0.6 is 11.8 Å². The molecule has 7 heteroatoms. The third-order valence-corrected chi connectivity index (χ3v) is 6.23. The number of hydrogen-bond donors (Lipinski definition) is 1. The van der Waals surface area contributed by atoms with Gasteiger partial charge in [0.05, 0.1) is 5.69 Å². The summed E-state index contributed by atoms with van der Waals surface area (Å²) in [7, 11) is 0. The number of H-pyrrole nitrogens is 1. The van der Waals surface area contributed by atoms with E-state index >= 15 is 0 Å². The Labute approximate surface area is 216 Å². The van der Waals surface area contributed by atoms with E-state index in [1.807, 2.05) is 19.2 Å². The highest BCUT2D eigenvalue weighted by atomic mass is 32.2. The van der Waals surface area contributed by atoms with Crippen LogP contribution in [0.25, 0.3) is 22.2 Å². The summed E-state index contributed by atoms with van der Waals surface area (Å²) in [5.74, 6) is 0.743. The Morgan fingerprint density at radius 2 is 1.83 bits per heavy atom. The molecule has 0 aliphatic carbocycles. The maximum atomic E-state index is 4.92. The minimum atomic E-state index is 0. The van der Waals surface area contributed by atoms with Gasteiger partial charge >= 0.3 is 0 Å². The van der Waals surface area contributed by atoms with Crippen molar-refractivity contribution in [2.75, 3.05) is 18.0 Å². The lowest BCUT2D eigenvalue weighted by Crippen LogP contribution is -2.45. The van der Waals surface area contributed by atoms with Gasteiger partial charge in [0, 0.05) is 49.1 Å². The zero-order chi connectivity index (χ0) is 24.7. The molecule has 0 amide bonds. The summed E-state index contributed by atoms with van der Waals surface area (Å²) in [5, 5.41) is 2.23. The van der Waals surface area contributed by atoms with Crippen LogP contribution in [0.2, 0.25) is 0 Å². The van der Waals surface area contributed by atoms with E-state index in [-0.39, 0.29) is 8.85 Å². The molecule has 0 unspecified atom stereocenters. The molecule has 5 heterocycles. The van der Waals surface area contributed by atoms with Crippen LogP contribution in [0, 0.1) is 12.8 Å². The van der Waals surface area contributed by atoms with Gasteiger partial charge in [0.2, 0.25) is 0 Å². The minimum absolute atomic E-state index is 0. The van der Waals surface area contributed by atoms with Gasteiger partial charge in [-0.2, -0.15) is 0 Å². The molecule has 1 saturated heterocycles. The van der Waals surface area contributed by atoms with Crippen LogP contribution in [-0.4, -0.2) is 38.0 Å². The number of anilines is 1. The molecule has 0 bridgehead atoms. The molecule has 0 saturated carbocycles. The highest BCUT2D eigenvalue weighted by Gasteiger charge is 2.26. The second-order valence-corrected chi connectivity index (χ2v) is 9.68. The number of fused-ring (bicyclic) bond motifs is 2. The van der Waals surface area contributed by atoms with Gasteiger partial charge in [-0.3, -0.25) is 4.98 Å². The van der Waals surface area contributed by atoms with Gasteiger partial charge in [0.1, 0.15) is 16.2 Å². The van der Waals surface area contributed by atoms with E-state index in [0.717, 1.165) is 46.5 Å². The second kappa shape index (κ2) is 13.2. The van der Waals surface area contributed by atoms with Gasteiger partial charge in [-0.25, -0.2) is 15.0 Å². The largest absolute Gasteiger partial charge is 0.370 e. The summed E-state index contributed by atoms with van der Waals surface area (Å²) in [5.41, 5.74) is 6.31. The zero-order valence-electron chi connectivity index (χ0n) is 21.2. The van der Waals surface area contributed by atoms with E-state index in [1.54, 1.807) is 30.2 Å². The molecule has 0 spiro atoms. The van der Waals surface area contributed by atoms with Crippen LogP contribution in [-0.2, 0) is 6.42 Å². The molecule has 4 aromatic rings. The van der Waals surface area contributed by atoms with E-state index in [0.29, 0.717) is 5.65 Å². The molecule has 0 radical (unpaired) electrons. The smallest absolute Gasteiger partial charge is 0.178 e. The number of nitrogens with zero attached hydrogens (tertiary/aromatic N) is 5. The van der Waals surface area contributed by atoms with E-state index in [9.17, 15) is 0 Å². The molecule has 1 aliphatic rings. The Morgan fingerprint density at radius 1 is 1.17 bits per heavy atom. The lowest BCUT2D eigenvalue weighted by Gasteiger charge is -2.39. The fourth-order valence-corrected chi connectivity index (χ4v) is 4.75. The van der Waals surface area contributed by atoms with Crippen LogP contribution in [0.5, 0.6) is 0 Å². The van der Waals surface area contributed by atoms with Crippen molar-refractivity contribution in [3.63, 3.8) is 0 Å². The number of aromatic amines is 1. The SMILES string of the molecule is C.C=CC.CCC.CCc1[nH]c2nc(Sc3cnc4nccnc4c3)cc(N3CC(C)C3)c2c1C.[HH]. The number of hydrogen-bond acceptors (Lipinski definition) is 6. The Morgan fingerprint density at radius 3 is 2.46 bits per heavy atom. The highest BCUT2D eigenvalue weighted by molar-refractivity contribution is 7.99. The molecule has 4 aromatic heterocycles. The monoisotopic (exact) mass is 494 g/mol. The van der Waals surface area contributed by atoms with Crippen molar-refractivity contribution < 1.29 is 1.43 Å². The fourth-order valence-electron chi connectivity index (χ4n) is 3.92. The van der Waals surface area contributed by atoms with Crippen LogP contribution in [0.3, 0.4) is 0 Å². The summed E-state index contributed by atoms with van der Waals surface area (Å²) in [6.07, 6.45) is 9.18. The maximum Gasteiger partial charge on any atom is 0.178 e. The van der Waals surface area contributed by atoms with Gasteiger partial charge in [-0.1, -0.05) is 59.4 Å². The molecule has 1 fully saturated rings. The zero-order valence-corrected chi connectivity index (χ0v) is 22.0. The first kappa shape index (κ1) is 28.3. The predicted octanol–water partition coefficient (Wildman–Crippen LogP) is 7.87. The second-order valence-electron chi connectivity index (χ2n) is 8.58. The normalized spacial score (nSPS) is 12.7. The summed E-state index contributed by atoms with van der Waals surface area (Å²) in [4.78, 5) is 25.0. The van der Waals surface area contributed by atoms with Crippen molar-refractivity contribution in [2.45, 2.75) is 71.7 Å². The Kier molecular flexibility index (Phi) is 10.7. The number of aromatic nitrogens is 5. The van der Waals surface area contributed by atoms with Crippen LogP contribution in [0.1, 0.15) is 61.2 Å². The summed E-state index contributed by atoms with van der Waals surface area (Å²) in [6.45, 7) is 18.4. The highest BCUT2D eigenvalue weighted by Crippen LogP contribution is 2.38. The van der Waals surface area contributed by atoms with E-state index < -0.39 is 0 Å². The number of aryl methyl sites for hydroxylation is 2. The van der Waals surface area contributed by atoms with E-state index in [1.165, 1.54) is 28.8 Å². The van der Waals surface area contributed by atoms with Crippen LogP contribution < -0.4 is 4.90 Å². The number of pyridine rings is 2. The molecule has 1 N–H and O–H groups in total. The molecule has 0 aromatic carbocycles. The van der Waals surface area contributed by atoms with E-state index in [4.69, 9.17) is 4.98 Å². The average Bonchev–Trinajstić information content (AvgIpc) is 3.13.